The van der Waals surface area contributed by atoms with Crippen molar-refractivity contribution < 1.29 is 8.42 Å². The number of nitrogens with one attached hydrogen (secondary N) is 1. The molecule has 3 heterocycles. The molecule has 0 fully saturated rings. The van der Waals surface area contributed by atoms with Gasteiger partial charge in [0.25, 0.3) is 0 Å². The molecule has 1 atom stereocenters. The minimum Gasteiger partial charge on any atom is -0.271 e. The average Bonchev–Trinajstić information content (AvgIpc) is 3.24. The van der Waals surface area contributed by atoms with E-state index in [0.717, 1.165) is 11.1 Å². The van der Waals surface area contributed by atoms with Crippen LogP contribution in [0.2, 0.25) is 0 Å². The Hall–Kier alpha value is -2.03. The second-order valence-electron chi connectivity index (χ2n) is 5.73. The zero-order valence-corrected chi connectivity index (χ0v) is 15.7. The summed E-state index contributed by atoms with van der Waals surface area (Å²) in [6, 6.07) is 5.31. The number of aryl methyl sites for hydroxylation is 2. The molecule has 3 aromatic heterocycles. The lowest BCUT2D eigenvalue weighted by molar-refractivity contribution is 0.553. The van der Waals surface area contributed by atoms with Crippen molar-refractivity contribution in [1.82, 2.24) is 19.5 Å². The van der Waals surface area contributed by atoms with Gasteiger partial charge in [-0.1, -0.05) is 6.07 Å². The van der Waals surface area contributed by atoms with E-state index in [1.54, 1.807) is 41.5 Å². The molecule has 0 bridgehead atoms. The molecule has 0 aliphatic carbocycles. The van der Waals surface area contributed by atoms with Gasteiger partial charge in [-0.05, 0) is 54.3 Å². The van der Waals surface area contributed by atoms with Crippen LogP contribution in [0.25, 0.3) is 0 Å². The Labute approximate surface area is 151 Å². The minimum absolute atomic E-state index is 0.216. The molecule has 1 unspecified atom stereocenters. The predicted molar refractivity (Wildman–Crippen MR) is 98.0 cm³/mol. The topological polar surface area (TPSA) is 76.9 Å². The normalized spacial score (nSPS) is 13.0. The number of thiophene rings is 1. The molecule has 3 rings (SSSR count). The largest absolute Gasteiger partial charge is 0.271 e. The Bertz CT molecular complexity index is 919. The number of rotatable bonds is 7. The molecule has 0 saturated heterocycles. The molecular weight excluding hydrogens is 356 g/mol. The summed E-state index contributed by atoms with van der Waals surface area (Å²) < 4.78 is 30.3. The SMILES string of the molecule is CCn1cc(S(=O)(=O)NC(Cc2ccsc2)c2cccnc2)c(C)n1. The molecule has 132 valence electrons. The second-order valence-corrected chi connectivity index (χ2v) is 8.19. The zero-order valence-electron chi connectivity index (χ0n) is 14.1. The van der Waals surface area contributed by atoms with Gasteiger partial charge in [0.2, 0.25) is 10.0 Å². The molecule has 8 heteroatoms. The summed E-state index contributed by atoms with van der Waals surface area (Å²) in [6.07, 6.45) is 5.51. The summed E-state index contributed by atoms with van der Waals surface area (Å²) in [6.45, 7) is 4.25. The van der Waals surface area contributed by atoms with E-state index in [2.05, 4.69) is 14.8 Å². The number of pyridine rings is 1. The molecule has 0 aliphatic rings. The van der Waals surface area contributed by atoms with Crippen LogP contribution in [0.5, 0.6) is 0 Å². The van der Waals surface area contributed by atoms with Crippen LogP contribution >= 0.6 is 11.3 Å². The summed E-state index contributed by atoms with van der Waals surface area (Å²) in [5.41, 5.74) is 2.41. The Morgan fingerprint density at radius 2 is 2.20 bits per heavy atom. The standard InChI is InChI=1S/C17H20N4O2S2/c1-3-21-11-17(13(2)19-21)25(22,23)20-16(9-14-6-8-24-12-14)15-5-4-7-18-10-15/h4-8,10-12,16,20H,3,9H2,1-2H3. The molecule has 0 aliphatic heterocycles. The fourth-order valence-corrected chi connectivity index (χ4v) is 4.72. The second kappa shape index (κ2) is 7.47. The fraction of sp³-hybridized carbons (Fsp3) is 0.294. The molecule has 0 amide bonds. The zero-order chi connectivity index (χ0) is 17.9. The maximum atomic E-state index is 12.9. The van der Waals surface area contributed by atoms with E-state index in [-0.39, 0.29) is 4.90 Å². The van der Waals surface area contributed by atoms with Gasteiger partial charge in [0, 0.05) is 25.1 Å². The molecule has 1 N–H and O–H groups in total. The van der Waals surface area contributed by atoms with E-state index >= 15 is 0 Å². The number of sulfonamides is 1. The highest BCUT2D eigenvalue weighted by molar-refractivity contribution is 7.89. The summed E-state index contributed by atoms with van der Waals surface area (Å²) in [4.78, 5) is 4.34. The Kier molecular flexibility index (Phi) is 5.31. The van der Waals surface area contributed by atoms with Gasteiger partial charge >= 0.3 is 0 Å². The van der Waals surface area contributed by atoms with Crippen molar-refractivity contribution in [1.29, 1.82) is 0 Å². The van der Waals surface area contributed by atoms with Gasteiger partial charge in [-0.2, -0.15) is 16.4 Å². The van der Waals surface area contributed by atoms with Gasteiger partial charge in [0.15, 0.2) is 0 Å². The molecule has 25 heavy (non-hydrogen) atoms. The van der Waals surface area contributed by atoms with Crippen molar-refractivity contribution in [3.05, 3.63) is 64.4 Å². The molecule has 3 aromatic rings. The third-order valence-corrected chi connectivity index (χ3v) is 6.23. The molecular formula is C17H20N4O2S2. The summed E-state index contributed by atoms with van der Waals surface area (Å²) >= 11 is 1.59. The van der Waals surface area contributed by atoms with Crippen molar-refractivity contribution in [2.45, 2.75) is 37.8 Å². The van der Waals surface area contributed by atoms with Crippen LogP contribution in [0.3, 0.4) is 0 Å². The first-order valence-corrected chi connectivity index (χ1v) is 10.4. The van der Waals surface area contributed by atoms with Gasteiger partial charge < -0.3 is 0 Å². The van der Waals surface area contributed by atoms with E-state index < -0.39 is 16.1 Å². The van der Waals surface area contributed by atoms with Crippen molar-refractivity contribution in [2.75, 3.05) is 0 Å². The Balaban J connectivity index is 1.92. The van der Waals surface area contributed by atoms with Crippen LogP contribution in [0.4, 0.5) is 0 Å². The van der Waals surface area contributed by atoms with E-state index in [1.807, 2.05) is 35.9 Å². The van der Waals surface area contributed by atoms with Crippen LogP contribution in [-0.2, 0) is 23.0 Å². The van der Waals surface area contributed by atoms with E-state index in [1.165, 1.54) is 0 Å². The van der Waals surface area contributed by atoms with E-state index in [4.69, 9.17) is 0 Å². The lowest BCUT2D eigenvalue weighted by Crippen LogP contribution is -2.30. The van der Waals surface area contributed by atoms with E-state index in [9.17, 15) is 8.42 Å². The molecule has 0 aromatic carbocycles. The Morgan fingerprint density at radius 3 is 2.80 bits per heavy atom. The first-order valence-electron chi connectivity index (χ1n) is 7.97. The van der Waals surface area contributed by atoms with Crippen molar-refractivity contribution in [3.63, 3.8) is 0 Å². The van der Waals surface area contributed by atoms with Crippen LogP contribution in [0, 0.1) is 6.92 Å². The van der Waals surface area contributed by atoms with Crippen molar-refractivity contribution in [2.24, 2.45) is 0 Å². The number of aromatic nitrogens is 3. The maximum absolute atomic E-state index is 12.9. The van der Waals surface area contributed by atoms with Gasteiger partial charge in [0.05, 0.1) is 11.7 Å². The highest BCUT2D eigenvalue weighted by Gasteiger charge is 2.25. The number of hydrogen-bond donors (Lipinski definition) is 1. The summed E-state index contributed by atoms with van der Waals surface area (Å²) in [5, 5.41) is 8.25. The van der Waals surface area contributed by atoms with Gasteiger partial charge in [-0.25, -0.2) is 13.1 Å². The number of hydrogen-bond acceptors (Lipinski definition) is 5. The van der Waals surface area contributed by atoms with Crippen LogP contribution in [0.1, 0.15) is 29.8 Å². The lowest BCUT2D eigenvalue weighted by atomic mass is 10.0. The van der Waals surface area contributed by atoms with Crippen molar-refractivity contribution >= 4 is 21.4 Å². The highest BCUT2D eigenvalue weighted by Crippen LogP contribution is 2.23. The third kappa shape index (κ3) is 4.15. The monoisotopic (exact) mass is 376 g/mol. The predicted octanol–water partition coefficient (Wildman–Crippen LogP) is 2.93. The summed E-state index contributed by atoms with van der Waals surface area (Å²) in [5.74, 6) is 0. The lowest BCUT2D eigenvalue weighted by Gasteiger charge is -2.18. The smallest absolute Gasteiger partial charge is 0.244 e. The number of nitrogens with zero attached hydrogens (tertiary/aromatic N) is 3. The first-order chi connectivity index (χ1) is 12.0. The van der Waals surface area contributed by atoms with Crippen LogP contribution in [0.15, 0.2) is 52.4 Å². The minimum atomic E-state index is -3.69. The molecule has 0 radical (unpaired) electrons. The van der Waals surface area contributed by atoms with Crippen molar-refractivity contribution in [3.8, 4) is 0 Å². The Morgan fingerprint density at radius 1 is 1.36 bits per heavy atom. The molecule has 0 saturated carbocycles. The average molecular weight is 377 g/mol. The van der Waals surface area contributed by atoms with Crippen LogP contribution in [-0.4, -0.2) is 23.2 Å². The van der Waals surface area contributed by atoms with Crippen LogP contribution < -0.4 is 4.72 Å². The maximum Gasteiger partial charge on any atom is 0.244 e. The van der Waals surface area contributed by atoms with E-state index in [0.29, 0.717) is 18.7 Å². The first kappa shape index (κ1) is 17.8. The molecule has 0 spiro atoms. The fourth-order valence-electron chi connectivity index (χ4n) is 2.63. The third-order valence-electron chi connectivity index (χ3n) is 3.92. The highest BCUT2D eigenvalue weighted by atomic mass is 32.2. The molecule has 6 nitrogen and oxygen atoms in total. The van der Waals surface area contributed by atoms with Gasteiger partial charge in [-0.3, -0.25) is 9.67 Å². The van der Waals surface area contributed by atoms with Gasteiger partial charge in [-0.15, -0.1) is 0 Å². The van der Waals surface area contributed by atoms with Gasteiger partial charge in [0.1, 0.15) is 4.90 Å². The summed E-state index contributed by atoms with van der Waals surface area (Å²) in [7, 11) is -3.69. The quantitative estimate of drug-likeness (QED) is 0.688.